The van der Waals surface area contributed by atoms with Gasteiger partial charge >= 0.3 is 5.69 Å². The Morgan fingerprint density at radius 3 is 2.67 bits per heavy atom. The zero-order chi connectivity index (χ0) is 11.0. The predicted molar refractivity (Wildman–Crippen MR) is 57.3 cm³/mol. The van der Waals surface area contributed by atoms with Gasteiger partial charge in [0.1, 0.15) is 5.69 Å². The van der Waals surface area contributed by atoms with Crippen LogP contribution < -0.4 is 5.69 Å². The van der Waals surface area contributed by atoms with Crippen molar-refractivity contribution in [3.05, 3.63) is 22.4 Å². The van der Waals surface area contributed by atoms with Crippen molar-refractivity contribution in [1.29, 1.82) is 0 Å². The van der Waals surface area contributed by atoms with E-state index < -0.39 is 0 Å². The minimum atomic E-state index is -0.0461. The van der Waals surface area contributed by atoms with E-state index in [9.17, 15) is 9.59 Å². The molecule has 0 fully saturated rings. The van der Waals surface area contributed by atoms with Crippen LogP contribution >= 0.6 is 0 Å². The van der Waals surface area contributed by atoms with E-state index in [-0.39, 0.29) is 17.5 Å². The van der Waals surface area contributed by atoms with Crippen molar-refractivity contribution in [3.63, 3.8) is 0 Å². The number of hydrogen-bond acceptors (Lipinski definition) is 2. The number of carbonyl (C=O) groups excluding carboxylic acids is 1. The Kier molecular flexibility index (Phi) is 2.50. The summed E-state index contributed by atoms with van der Waals surface area (Å²) >= 11 is 0. The molecule has 15 heavy (non-hydrogen) atoms. The molecule has 0 amide bonds. The monoisotopic (exact) mass is 208 g/mol. The van der Waals surface area contributed by atoms with Gasteiger partial charge in [0.05, 0.1) is 0 Å². The highest BCUT2D eigenvalue weighted by atomic mass is 16.2. The van der Waals surface area contributed by atoms with E-state index in [0.717, 1.165) is 12.8 Å². The molecule has 1 aromatic rings. The van der Waals surface area contributed by atoms with Gasteiger partial charge in [-0.2, -0.15) is 0 Å². The van der Waals surface area contributed by atoms with Crippen LogP contribution in [0.25, 0.3) is 0 Å². The Bertz CT molecular complexity index is 440. The van der Waals surface area contributed by atoms with Gasteiger partial charge in [-0.15, -0.1) is 0 Å². The molecule has 0 saturated carbocycles. The van der Waals surface area contributed by atoms with Gasteiger partial charge < -0.3 is 0 Å². The molecule has 82 valence electrons. The number of aromatic nitrogens is 2. The second-order valence-corrected chi connectivity index (χ2v) is 4.33. The predicted octanol–water partition coefficient (Wildman–Crippen LogP) is 1.60. The summed E-state index contributed by atoms with van der Waals surface area (Å²) in [5, 5.41) is 0. The van der Waals surface area contributed by atoms with E-state index in [1.54, 1.807) is 15.3 Å². The summed E-state index contributed by atoms with van der Waals surface area (Å²) < 4.78 is 3.26. The standard InChI is InChI=1S/C11H16N2O2/c1-8(2)13-7-9-10(14)5-3-4-6-12(9)11(13)15/h7-8H,3-6H2,1-2H3. The molecule has 0 aliphatic carbocycles. The van der Waals surface area contributed by atoms with Crippen molar-refractivity contribution in [2.45, 2.75) is 45.7 Å². The van der Waals surface area contributed by atoms with Crippen LogP contribution in [0.4, 0.5) is 0 Å². The van der Waals surface area contributed by atoms with Crippen molar-refractivity contribution in [3.8, 4) is 0 Å². The summed E-state index contributed by atoms with van der Waals surface area (Å²) in [6.45, 7) is 4.58. The molecule has 2 rings (SSSR count). The van der Waals surface area contributed by atoms with Crippen LogP contribution in [0.1, 0.15) is 49.6 Å². The molecular formula is C11H16N2O2. The van der Waals surface area contributed by atoms with Crippen LogP contribution in [-0.4, -0.2) is 14.9 Å². The third kappa shape index (κ3) is 1.64. The summed E-state index contributed by atoms with van der Waals surface area (Å²) in [7, 11) is 0. The molecule has 0 bridgehead atoms. The topological polar surface area (TPSA) is 44.0 Å². The lowest BCUT2D eigenvalue weighted by Gasteiger charge is -2.04. The summed E-state index contributed by atoms with van der Waals surface area (Å²) in [5.41, 5.74) is 0.543. The van der Waals surface area contributed by atoms with Crippen LogP contribution in [0.3, 0.4) is 0 Å². The zero-order valence-electron chi connectivity index (χ0n) is 9.19. The number of fused-ring (bicyclic) bond motifs is 1. The molecule has 0 spiro atoms. The first-order valence-corrected chi connectivity index (χ1v) is 5.46. The number of carbonyl (C=O) groups is 1. The molecule has 0 aromatic carbocycles. The second-order valence-electron chi connectivity index (χ2n) is 4.33. The summed E-state index contributed by atoms with van der Waals surface area (Å²) in [6.07, 6.45) is 4.09. The summed E-state index contributed by atoms with van der Waals surface area (Å²) in [6, 6.07) is 0.115. The van der Waals surface area contributed by atoms with Crippen molar-refractivity contribution >= 4 is 5.78 Å². The van der Waals surface area contributed by atoms with Gasteiger partial charge in [0.15, 0.2) is 5.78 Å². The maximum Gasteiger partial charge on any atom is 0.328 e. The first kappa shape index (κ1) is 10.2. The Morgan fingerprint density at radius 2 is 2.00 bits per heavy atom. The van der Waals surface area contributed by atoms with Gasteiger partial charge in [0.25, 0.3) is 0 Å². The van der Waals surface area contributed by atoms with Gasteiger partial charge in [-0.25, -0.2) is 4.79 Å². The number of imidazole rings is 1. The summed E-state index contributed by atoms with van der Waals surface area (Å²) in [5.74, 6) is 0.101. The molecule has 0 saturated heterocycles. The molecule has 1 aromatic heterocycles. The van der Waals surface area contributed by atoms with Gasteiger partial charge in [-0.05, 0) is 26.7 Å². The normalized spacial score (nSPS) is 16.6. The summed E-state index contributed by atoms with van der Waals surface area (Å²) in [4.78, 5) is 23.6. The minimum absolute atomic E-state index is 0.0461. The number of Topliss-reactive ketones (excluding diaryl/α,β-unsaturated/α-hetero) is 1. The lowest BCUT2D eigenvalue weighted by molar-refractivity contribution is 0.0977. The highest BCUT2D eigenvalue weighted by molar-refractivity contribution is 5.94. The van der Waals surface area contributed by atoms with E-state index in [0.29, 0.717) is 18.7 Å². The van der Waals surface area contributed by atoms with Crippen LogP contribution in [-0.2, 0) is 6.54 Å². The third-order valence-corrected chi connectivity index (χ3v) is 2.88. The molecule has 0 radical (unpaired) electrons. The first-order valence-electron chi connectivity index (χ1n) is 5.46. The van der Waals surface area contributed by atoms with Gasteiger partial charge in [0, 0.05) is 25.2 Å². The fourth-order valence-electron chi connectivity index (χ4n) is 1.99. The van der Waals surface area contributed by atoms with E-state index in [4.69, 9.17) is 0 Å². The Morgan fingerprint density at radius 1 is 1.27 bits per heavy atom. The van der Waals surface area contributed by atoms with Crippen molar-refractivity contribution < 1.29 is 4.79 Å². The molecule has 1 aliphatic rings. The fraction of sp³-hybridized carbons (Fsp3) is 0.636. The molecule has 0 unspecified atom stereocenters. The number of rotatable bonds is 1. The van der Waals surface area contributed by atoms with Crippen LogP contribution in [0.5, 0.6) is 0 Å². The average molecular weight is 208 g/mol. The lowest BCUT2D eigenvalue weighted by Crippen LogP contribution is -2.26. The lowest BCUT2D eigenvalue weighted by atomic mass is 10.2. The van der Waals surface area contributed by atoms with Crippen LogP contribution in [0.2, 0.25) is 0 Å². The molecule has 4 nitrogen and oxygen atoms in total. The number of nitrogens with zero attached hydrogens (tertiary/aromatic N) is 2. The minimum Gasteiger partial charge on any atom is -0.296 e. The van der Waals surface area contributed by atoms with Gasteiger partial charge in [0.2, 0.25) is 0 Å². The largest absolute Gasteiger partial charge is 0.328 e. The maximum atomic E-state index is 11.9. The Hall–Kier alpha value is -1.32. The highest BCUT2D eigenvalue weighted by Gasteiger charge is 2.20. The van der Waals surface area contributed by atoms with Crippen LogP contribution in [0, 0.1) is 0 Å². The zero-order valence-corrected chi connectivity index (χ0v) is 9.19. The second kappa shape index (κ2) is 3.68. The molecule has 0 N–H and O–H groups in total. The smallest absolute Gasteiger partial charge is 0.296 e. The van der Waals surface area contributed by atoms with Crippen molar-refractivity contribution in [1.82, 2.24) is 9.13 Å². The fourth-order valence-corrected chi connectivity index (χ4v) is 1.99. The average Bonchev–Trinajstić information content (AvgIpc) is 2.39. The third-order valence-electron chi connectivity index (χ3n) is 2.88. The highest BCUT2D eigenvalue weighted by Crippen LogP contribution is 2.14. The SMILES string of the molecule is CC(C)n1cc2n(c1=O)CCCCC2=O. The Balaban J connectivity index is 2.56. The van der Waals surface area contributed by atoms with Crippen molar-refractivity contribution in [2.75, 3.05) is 0 Å². The van der Waals surface area contributed by atoms with Gasteiger partial charge in [-0.3, -0.25) is 13.9 Å². The molecule has 1 aliphatic heterocycles. The number of hydrogen-bond donors (Lipinski definition) is 0. The van der Waals surface area contributed by atoms with E-state index in [2.05, 4.69) is 0 Å². The van der Waals surface area contributed by atoms with Crippen LogP contribution in [0.15, 0.2) is 11.0 Å². The van der Waals surface area contributed by atoms with E-state index in [1.807, 2.05) is 13.8 Å². The molecular weight excluding hydrogens is 192 g/mol. The molecule has 0 atom stereocenters. The van der Waals surface area contributed by atoms with Gasteiger partial charge in [-0.1, -0.05) is 0 Å². The quantitative estimate of drug-likeness (QED) is 0.703. The molecule has 4 heteroatoms. The van der Waals surface area contributed by atoms with Crippen molar-refractivity contribution in [2.24, 2.45) is 0 Å². The number of ketones is 1. The first-order chi connectivity index (χ1) is 7.11. The Labute approximate surface area is 88.5 Å². The molecule has 2 heterocycles. The van der Waals surface area contributed by atoms with E-state index in [1.165, 1.54) is 0 Å². The van der Waals surface area contributed by atoms with E-state index >= 15 is 0 Å². The maximum absolute atomic E-state index is 11.9.